The zero-order valence-corrected chi connectivity index (χ0v) is 15.4. The fourth-order valence-electron chi connectivity index (χ4n) is 1.52. The highest BCUT2D eigenvalue weighted by Gasteiger charge is 2.12. The molecule has 2 aromatic heterocycles. The van der Waals surface area contributed by atoms with Crippen LogP contribution >= 0.6 is 57.6 Å². The molecule has 10 heteroatoms. The standard InChI is InChI=1S/C12H9Cl2N5S3/c1-19(2)5-15-10-17-18-12(21-10)22-11-16-9-7(14)3-6(13)4-8(9)20-11/h3-5H,1-2H3. The lowest BCUT2D eigenvalue weighted by molar-refractivity contribution is 0.643. The third-order valence-electron chi connectivity index (χ3n) is 2.36. The van der Waals surface area contributed by atoms with E-state index in [0.29, 0.717) is 15.2 Å². The maximum Gasteiger partial charge on any atom is 0.233 e. The number of thiazole rings is 1. The molecular formula is C12H9Cl2N5S3. The molecule has 0 saturated carbocycles. The van der Waals surface area contributed by atoms with Gasteiger partial charge in [0.05, 0.1) is 16.1 Å². The third kappa shape index (κ3) is 3.69. The summed E-state index contributed by atoms with van der Waals surface area (Å²) in [6.45, 7) is 0. The van der Waals surface area contributed by atoms with Crippen molar-refractivity contribution in [1.29, 1.82) is 0 Å². The molecule has 0 N–H and O–H groups in total. The molecule has 1 aromatic carbocycles. The summed E-state index contributed by atoms with van der Waals surface area (Å²) < 4.78 is 2.58. The quantitative estimate of drug-likeness (QED) is 0.472. The summed E-state index contributed by atoms with van der Waals surface area (Å²) >= 11 is 16.5. The van der Waals surface area contributed by atoms with Gasteiger partial charge in [-0.15, -0.1) is 21.5 Å². The molecule has 0 unspecified atom stereocenters. The van der Waals surface area contributed by atoms with Crippen LogP contribution in [0.2, 0.25) is 10.0 Å². The van der Waals surface area contributed by atoms with Gasteiger partial charge in [-0.25, -0.2) is 9.98 Å². The summed E-state index contributed by atoms with van der Waals surface area (Å²) in [6.07, 6.45) is 1.69. The van der Waals surface area contributed by atoms with Gasteiger partial charge >= 0.3 is 0 Å². The van der Waals surface area contributed by atoms with Crippen molar-refractivity contribution in [1.82, 2.24) is 20.1 Å². The molecule has 2 heterocycles. The fraction of sp³-hybridized carbons (Fsp3) is 0.167. The van der Waals surface area contributed by atoms with Gasteiger partial charge in [0.2, 0.25) is 5.13 Å². The van der Waals surface area contributed by atoms with Crippen LogP contribution in [-0.4, -0.2) is 40.5 Å². The Balaban J connectivity index is 1.83. The van der Waals surface area contributed by atoms with Crippen molar-refractivity contribution in [3.05, 3.63) is 22.2 Å². The summed E-state index contributed by atoms with van der Waals surface area (Å²) in [5.74, 6) is 0. The summed E-state index contributed by atoms with van der Waals surface area (Å²) in [6, 6.07) is 3.55. The molecule has 3 rings (SSSR count). The highest BCUT2D eigenvalue weighted by atomic mass is 35.5. The third-order valence-corrected chi connectivity index (χ3v) is 5.81. The molecular weight excluding hydrogens is 381 g/mol. The molecule has 114 valence electrons. The van der Waals surface area contributed by atoms with Gasteiger partial charge in [0.25, 0.3) is 0 Å². The van der Waals surface area contributed by atoms with Crippen LogP contribution in [-0.2, 0) is 0 Å². The molecule has 0 aliphatic heterocycles. The normalized spacial score (nSPS) is 11.6. The number of hydrogen-bond acceptors (Lipinski definition) is 7. The van der Waals surface area contributed by atoms with E-state index in [9.17, 15) is 0 Å². The molecule has 5 nitrogen and oxygen atoms in total. The summed E-state index contributed by atoms with van der Waals surface area (Å²) in [7, 11) is 3.80. The van der Waals surface area contributed by atoms with Crippen molar-refractivity contribution in [3.63, 3.8) is 0 Å². The second-order valence-electron chi connectivity index (χ2n) is 4.37. The van der Waals surface area contributed by atoms with Crippen LogP contribution in [0, 0.1) is 0 Å². The fourth-order valence-corrected chi connectivity index (χ4v) is 5.18. The second-order valence-corrected chi connectivity index (χ2v) is 8.70. The van der Waals surface area contributed by atoms with Crippen molar-refractivity contribution in [2.24, 2.45) is 4.99 Å². The minimum Gasteiger partial charge on any atom is -0.369 e. The van der Waals surface area contributed by atoms with Crippen molar-refractivity contribution in [2.45, 2.75) is 8.68 Å². The number of fused-ring (bicyclic) bond motifs is 1. The Bertz CT molecular complexity index is 843. The van der Waals surface area contributed by atoms with Crippen molar-refractivity contribution in [2.75, 3.05) is 14.1 Å². The maximum absolute atomic E-state index is 6.15. The van der Waals surface area contributed by atoms with Crippen LogP contribution in [0.4, 0.5) is 5.13 Å². The summed E-state index contributed by atoms with van der Waals surface area (Å²) in [4.78, 5) is 10.6. The molecule has 3 aromatic rings. The van der Waals surface area contributed by atoms with E-state index in [2.05, 4.69) is 20.2 Å². The first-order chi connectivity index (χ1) is 10.5. The smallest absolute Gasteiger partial charge is 0.233 e. The predicted octanol–water partition coefficient (Wildman–Crippen LogP) is 4.83. The van der Waals surface area contributed by atoms with E-state index in [1.807, 2.05) is 25.1 Å². The number of nitrogens with zero attached hydrogens (tertiary/aromatic N) is 5. The van der Waals surface area contributed by atoms with E-state index in [4.69, 9.17) is 23.2 Å². The SMILES string of the molecule is CN(C)C=Nc1nnc(Sc2nc3c(Cl)cc(Cl)cc3s2)s1. The molecule has 22 heavy (non-hydrogen) atoms. The molecule has 0 saturated heterocycles. The molecule has 0 aliphatic rings. The molecule has 0 atom stereocenters. The predicted molar refractivity (Wildman–Crippen MR) is 95.5 cm³/mol. The van der Waals surface area contributed by atoms with E-state index in [1.165, 1.54) is 34.4 Å². The minimum absolute atomic E-state index is 0.555. The topological polar surface area (TPSA) is 54.3 Å². The van der Waals surface area contributed by atoms with Crippen molar-refractivity contribution >= 4 is 79.3 Å². The van der Waals surface area contributed by atoms with Gasteiger partial charge in [0.1, 0.15) is 5.52 Å². The highest BCUT2D eigenvalue weighted by molar-refractivity contribution is 8.02. The average molecular weight is 390 g/mol. The van der Waals surface area contributed by atoms with Gasteiger partial charge in [-0.2, -0.15) is 0 Å². The van der Waals surface area contributed by atoms with Gasteiger partial charge in [0.15, 0.2) is 8.68 Å². The van der Waals surface area contributed by atoms with Crippen LogP contribution < -0.4 is 0 Å². The molecule has 0 aliphatic carbocycles. The number of rotatable bonds is 4. The van der Waals surface area contributed by atoms with Gasteiger partial charge in [-0.3, -0.25) is 0 Å². The van der Waals surface area contributed by atoms with E-state index < -0.39 is 0 Å². The van der Waals surface area contributed by atoms with Crippen LogP contribution in [0.15, 0.2) is 25.8 Å². The first-order valence-electron chi connectivity index (χ1n) is 5.99. The van der Waals surface area contributed by atoms with E-state index in [1.54, 1.807) is 12.4 Å². The van der Waals surface area contributed by atoms with Gasteiger partial charge in [0, 0.05) is 19.1 Å². The first kappa shape index (κ1) is 15.9. The number of benzene rings is 1. The number of aromatic nitrogens is 3. The lowest BCUT2D eigenvalue weighted by atomic mass is 10.3. The Hall–Kier alpha value is -0.930. The first-order valence-corrected chi connectivity index (χ1v) is 9.19. The molecule has 0 bridgehead atoms. The highest BCUT2D eigenvalue weighted by Crippen LogP contribution is 2.39. The van der Waals surface area contributed by atoms with Gasteiger partial charge < -0.3 is 4.90 Å². The minimum atomic E-state index is 0.555. The number of hydrogen-bond donors (Lipinski definition) is 0. The van der Waals surface area contributed by atoms with Gasteiger partial charge in [-0.05, 0) is 23.9 Å². The molecule has 0 amide bonds. The molecule has 0 radical (unpaired) electrons. The average Bonchev–Trinajstić information content (AvgIpc) is 3.03. The summed E-state index contributed by atoms with van der Waals surface area (Å²) in [5.41, 5.74) is 0.758. The Kier molecular flexibility index (Phi) is 4.84. The van der Waals surface area contributed by atoms with Crippen molar-refractivity contribution < 1.29 is 0 Å². The number of halogens is 2. The second kappa shape index (κ2) is 6.67. The largest absolute Gasteiger partial charge is 0.369 e. The Morgan fingerprint density at radius 2 is 2.00 bits per heavy atom. The van der Waals surface area contributed by atoms with Crippen LogP contribution in [0.3, 0.4) is 0 Å². The van der Waals surface area contributed by atoms with E-state index in [-0.39, 0.29) is 0 Å². The van der Waals surface area contributed by atoms with Gasteiger partial charge in [-0.1, -0.05) is 34.5 Å². The summed E-state index contributed by atoms with van der Waals surface area (Å²) in [5, 5.41) is 9.90. The van der Waals surface area contributed by atoms with Crippen LogP contribution in [0.5, 0.6) is 0 Å². The number of aliphatic imine (C=N–C) groups is 1. The molecule has 0 fully saturated rings. The Morgan fingerprint density at radius 3 is 2.77 bits per heavy atom. The Labute approximate surface area is 149 Å². The van der Waals surface area contributed by atoms with Crippen molar-refractivity contribution in [3.8, 4) is 0 Å². The van der Waals surface area contributed by atoms with E-state index in [0.717, 1.165) is 18.9 Å². The monoisotopic (exact) mass is 389 g/mol. The lowest BCUT2D eigenvalue weighted by Crippen LogP contribution is -2.06. The Morgan fingerprint density at radius 1 is 1.18 bits per heavy atom. The van der Waals surface area contributed by atoms with E-state index >= 15 is 0 Å². The van der Waals surface area contributed by atoms with Crippen LogP contribution in [0.25, 0.3) is 10.2 Å². The zero-order valence-electron chi connectivity index (χ0n) is 11.4. The zero-order chi connectivity index (χ0) is 15.7. The molecule has 0 spiro atoms. The maximum atomic E-state index is 6.15. The lowest BCUT2D eigenvalue weighted by Gasteiger charge is -1.99. The van der Waals surface area contributed by atoms with Crippen LogP contribution in [0.1, 0.15) is 0 Å².